The van der Waals surface area contributed by atoms with Crippen LogP contribution in [0.5, 0.6) is 0 Å². The minimum atomic E-state index is -0.360. The first-order valence-corrected chi connectivity index (χ1v) is 7.38. The third-order valence-corrected chi connectivity index (χ3v) is 4.74. The lowest BCUT2D eigenvalue weighted by Crippen LogP contribution is -2.32. The van der Waals surface area contributed by atoms with Crippen LogP contribution in [0.2, 0.25) is 0 Å². The van der Waals surface area contributed by atoms with E-state index in [1.807, 2.05) is 0 Å². The van der Waals surface area contributed by atoms with Gasteiger partial charge in [0.05, 0.1) is 5.41 Å². The smallest absolute Gasteiger partial charge is 0.234 e. The maximum Gasteiger partial charge on any atom is 0.234 e. The van der Waals surface area contributed by atoms with Crippen LogP contribution in [0.25, 0.3) is 0 Å². The first-order chi connectivity index (χ1) is 9.19. The van der Waals surface area contributed by atoms with Gasteiger partial charge in [0, 0.05) is 13.2 Å². The lowest BCUT2D eigenvalue weighted by molar-refractivity contribution is -0.0770. The molecule has 2 unspecified atom stereocenters. The third kappa shape index (κ3) is 2.19. The molecule has 5 nitrogen and oxygen atoms in total. The van der Waals surface area contributed by atoms with E-state index in [1.54, 1.807) is 0 Å². The van der Waals surface area contributed by atoms with Crippen molar-refractivity contribution >= 4 is 0 Å². The predicted octanol–water partition coefficient (Wildman–Crippen LogP) is 2.13. The van der Waals surface area contributed by atoms with Gasteiger partial charge in [-0.2, -0.15) is 4.98 Å². The number of rotatable bonds is 3. The van der Waals surface area contributed by atoms with Gasteiger partial charge < -0.3 is 14.6 Å². The van der Waals surface area contributed by atoms with Gasteiger partial charge in [0.1, 0.15) is 5.60 Å². The monoisotopic (exact) mass is 265 g/mol. The zero-order valence-electron chi connectivity index (χ0n) is 11.9. The Labute approximate surface area is 114 Å². The summed E-state index contributed by atoms with van der Waals surface area (Å²) in [5.41, 5.74) is -0.336. The Bertz CT molecular complexity index is 432. The van der Waals surface area contributed by atoms with Crippen LogP contribution in [-0.4, -0.2) is 29.8 Å². The van der Waals surface area contributed by atoms with Gasteiger partial charge in [-0.15, -0.1) is 0 Å². The second-order valence-electron chi connectivity index (χ2n) is 6.02. The summed E-state index contributed by atoms with van der Waals surface area (Å²) < 4.78 is 11.5. The number of hydrogen-bond donors (Lipinski definition) is 1. The SMILES string of the molecule is CCC1(c2nc(C3(C)CCCCO3)no2)CCNC1. The lowest BCUT2D eigenvalue weighted by atomic mass is 9.84. The molecule has 106 valence electrons. The molecule has 0 amide bonds. The number of ether oxygens (including phenoxy) is 1. The molecule has 1 aromatic heterocycles. The summed E-state index contributed by atoms with van der Waals surface area (Å²) in [5.74, 6) is 1.51. The quantitative estimate of drug-likeness (QED) is 0.907. The average Bonchev–Trinajstić information content (AvgIpc) is 3.09. The molecule has 2 saturated heterocycles. The molecule has 19 heavy (non-hydrogen) atoms. The maximum atomic E-state index is 5.89. The zero-order valence-corrected chi connectivity index (χ0v) is 11.9. The standard InChI is InChI=1S/C14H23N3O2/c1-3-14(7-8-15-10-14)12-16-11(17-19-12)13(2)6-4-5-9-18-13/h15H,3-10H2,1-2H3. The molecule has 0 aromatic carbocycles. The molecule has 1 N–H and O–H groups in total. The van der Waals surface area contributed by atoms with Gasteiger partial charge in [-0.05, 0) is 45.6 Å². The van der Waals surface area contributed by atoms with E-state index in [1.165, 1.54) is 6.42 Å². The molecule has 1 aromatic rings. The number of hydrogen-bond acceptors (Lipinski definition) is 5. The van der Waals surface area contributed by atoms with Crippen molar-refractivity contribution in [1.82, 2.24) is 15.5 Å². The highest BCUT2D eigenvalue weighted by Gasteiger charge is 2.42. The van der Waals surface area contributed by atoms with Crippen LogP contribution in [0.4, 0.5) is 0 Å². The summed E-state index contributed by atoms with van der Waals surface area (Å²) in [6.07, 6.45) is 5.37. The van der Waals surface area contributed by atoms with E-state index in [-0.39, 0.29) is 11.0 Å². The lowest BCUT2D eigenvalue weighted by Gasteiger charge is -2.30. The van der Waals surface area contributed by atoms with E-state index in [0.717, 1.165) is 57.1 Å². The van der Waals surface area contributed by atoms with E-state index in [4.69, 9.17) is 9.26 Å². The molecule has 3 rings (SSSR count). The van der Waals surface area contributed by atoms with Gasteiger partial charge in [0.15, 0.2) is 0 Å². The fraction of sp³-hybridized carbons (Fsp3) is 0.857. The fourth-order valence-electron chi connectivity index (χ4n) is 3.14. The molecule has 0 saturated carbocycles. The Morgan fingerprint density at radius 3 is 2.84 bits per heavy atom. The summed E-state index contributed by atoms with van der Waals surface area (Å²) in [5, 5.41) is 7.61. The van der Waals surface area contributed by atoms with E-state index in [9.17, 15) is 0 Å². The first kappa shape index (κ1) is 13.1. The summed E-state index contributed by atoms with van der Waals surface area (Å²) in [6.45, 7) is 7.02. The fourth-order valence-corrected chi connectivity index (χ4v) is 3.14. The maximum absolute atomic E-state index is 5.89. The number of aromatic nitrogens is 2. The molecule has 0 spiro atoms. The number of nitrogens with zero attached hydrogens (tertiary/aromatic N) is 2. The molecule has 2 atom stereocenters. The summed E-state index contributed by atoms with van der Waals surface area (Å²) >= 11 is 0. The summed E-state index contributed by atoms with van der Waals surface area (Å²) in [4.78, 5) is 4.69. The van der Waals surface area contributed by atoms with Crippen molar-refractivity contribution in [2.45, 2.75) is 57.0 Å². The molecule has 2 aliphatic rings. The van der Waals surface area contributed by atoms with Gasteiger partial charge in [0.25, 0.3) is 0 Å². The van der Waals surface area contributed by atoms with Crippen molar-refractivity contribution in [3.8, 4) is 0 Å². The molecule has 3 heterocycles. The first-order valence-electron chi connectivity index (χ1n) is 7.38. The largest absolute Gasteiger partial charge is 0.367 e. The molecule has 0 bridgehead atoms. The Morgan fingerprint density at radius 1 is 1.32 bits per heavy atom. The second kappa shape index (κ2) is 4.87. The van der Waals surface area contributed by atoms with Crippen LogP contribution in [0, 0.1) is 0 Å². The van der Waals surface area contributed by atoms with Crippen LogP contribution in [0.3, 0.4) is 0 Å². The molecular weight excluding hydrogens is 242 g/mol. The predicted molar refractivity (Wildman–Crippen MR) is 70.9 cm³/mol. The van der Waals surface area contributed by atoms with E-state index in [2.05, 4.69) is 29.3 Å². The summed E-state index contributed by atoms with van der Waals surface area (Å²) in [6, 6.07) is 0. The minimum Gasteiger partial charge on any atom is -0.367 e. The second-order valence-corrected chi connectivity index (χ2v) is 6.02. The molecule has 5 heteroatoms. The normalized spacial score (nSPS) is 35.7. The van der Waals surface area contributed by atoms with Crippen LogP contribution in [0.1, 0.15) is 57.7 Å². The molecule has 0 radical (unpaired) electrons. The molecule has 2 fully saturated rings. The van der Waals surface area contributed by atoms with Crippen LogP contribution >= 0.6 is 0 Å². The Kier molecular flexibility index (Phi) is 3.35. The molecular formula is C14H23N3O2. The van der Waals surface area contributed by atoms with E-state index < -0.39 is 0 Å². The van der Waals surface area contributed by atoms with Crippen molar-refractivity contribution in [2.24, 2.45) is 0 Å². The van der Waals surface area contributed by atoms with E-state index in [0.29, 0.717) is 0 Å². The third-order valence-electron chi connectivity index (χ3n) is 4.74. The van der Waals surface area contributed by atoms with Crippen LogP contribution in [0.15, 0.2) is 4.52 Å². The highest BCUT2D eigenvalue weighted by Crippen LogP contribution is 2.37. The minimum absolute atomic E-state index is 0.0241. The van der Waals surface area contributed by atoms with Gasteiger partial charge >= 0.3 is 0 Å². The van der Waals surface area contributed by atoms with Gasteiger partial charge in [-0.1, -0.05) is 12.1 Å². The Morgan fingerprint density at radius 2 is 2.21 bits per heavy atom. The van der Waals surface area contributed by atoms with Crippen molar-refractivity contribution < 1.29 is 9.26 Å². The zero-order chi connectivity index (χ0) is 13.3. The highest BCUT2D eigenvalue weighted by molar-refractivity contribution is 5.12. The average molecular weight is 265 g/mol. The van der Waals surface area contributed by atoms with Crippen molar-refractivity contribution in [3.63, 3.8) is 0 Å². The Hall–Kier alpha value is -0.940. The van der Waals surface area contributed by atoms with Gasteiger partial charge in [-0.25, -0.2) is 0 Å². The Balaban J connectivity index is 1.86. The molecule has 0 aliphatic carbocycles. The molecule has 2 aliphatic heterocycles. The van der Waals surface area contributed by atoms with Gasteiger partial charge in [0.2, 0.25) is 11.7 Å². The topological polar surface area (TPSA) is 60.2 Å². The van der Waals surface area contributed by atoms with Crippen molar-refractivity contribution in [3.05, 3.63) is 11.7 Å². The van der Waals surface area contributed by atoms with Crippen molar-refractivity contribution in [2.75, 3.05) is 19.7 Å². The van der Waals surface area contributed by atoms with Crippen LogP contribution < -0.4 is 5.32 Å². The summed E-state index contributed by atoms with van der Waals surface area (Å²) in [7, 11) is 0. The van der Waals surface area contributed by atoms with E-state index >= 15 is 0 Å². The van der Waals surface area contributed by atoms with Crippen LogP contribution in [-0.2, 0) is 15.8 Å². The number of nitrogens with one attached hydrogen (secondary N) is 1. The van der Waals surface area contributed by atoms with Crippen molar-refractivity contribution in [1.29, 1.82) is 0 Å². The van der Waals surface area contributed by atoms with Gasteiger partial charge in [-0.3, -0.25) is 0 Å². The highest BCUT2D eigenvalue weighted by atomic mass is 16.5.